The highest BCUT2D eigenvalue weighted by Crippen LogP contribution is 2.33. The third-order valence-corrected chi connectivity index (χ3v) is 5.15. The average Bonchev–Trinajstić information content (AvgIpc) is 2.63. The van der Waals surface area contributed by atoms with Gasteiger partial charge in [0.1, 0.15) is 5.82 Å². The lowest BCUT2D eigenvalue weighted by atomic mass is 9.83. The van der Waals surface area contributed by atoms with Gasteiger partial charge in [0.2, 0.25) is 0 Å². The first kappa shape index (κ1) is 15.3. The van der Waals surface area contributed by atoms with Crippen LogP contribution in [0.4, 0.5) is 4.39 Å². The van der Waals surface area contributed by atoms with E-state index in [1.807, 2.05) is 12.1 Å². The van der Waals surface area contributed by atoms with Gasteiger partial charge in [-0.25, -0.2) is 4.39 Å². The van der Waals surface area contributed by atoms with Crippen LogP contribution in [0.3, 0.4) is 0 Å². The highest BCUT2D eigenvalue weighted by Gasteiger charge is 2.24. The lowest BCUT2D eigenvalue weighted by molar-refractivity contribution is 0.305. The van der Waals surface area contributed by atoms with Gasteiger partial charge < -0.3 is 5.32 Å². The van der Waals surface area contributed by atoms with Crippen LogP contribution in [-0.4, -0.2) is 6.54 Å². The molecule has 1 fully saturated rings. The van der Waals surface area contributed by atoms with Crippen molar-refractivity contribution in [2.45, 2.75) is 25.3 Å². The SMILES string of the molecule is Fc1ccc(CC2CCNC(c3cccc4ccccc34)C2)cc1. The van der Waals surface area contributed by atoms with E-state index in [1.165, 1.54) is 28.3 Å². The van der Waals surface area contributed by atoms with Crippen molar-refractivity contribution in [2.24, 2.45) is 5.92 Å². The maximum absolute atomic E-state index is 13.1. The number of nitrogens with one attached hydrogen (secondary N) is 1. The second-order valence-corrected chi connectivity index (χ2v) is 6.80. The number of benzene rings is 3. The fourth-order valence-corrected chi connectivity index (χ4v) is 3.93. The minimum absolute atomic E-state index is 0.155. The Bertz CT molecular complexity index is 820. The zero-order valence-corrected chi connectivity index (χ0v) is 13.7. The fraction of sp³-hybridized carbons (Fsp3) is 0.273. The van der Waals surface area contributed by atoms with Crippen molar-refractivity contribution in [2.75, 3.05) is 6.54 Å². The molecule has 2 atom stereocenters. The standard InChI is InChI=1S/C22H22FN/c23-19-10-8-16(9-11-19)14-17-12-13-24-22(15-17)21-7-3-5-18-4-1-2-6-20(18)21/h1-11,17,22,24H,12-15H2. The summed E-state index contributed by atoms with van der Waals surface area (Å²) in [4.78, 5) is 0. The van der Waals surface area contributed by atoms with E-state index < -0.39 is 0 Å². The second kappa shape index (κ2) is 6.74. The molecule has 1 saturated heterocycles. The predicted molar refractivity (Wildman–Crippen MR) is 97.5 cm³/mol. The van der Waals surface area contributed by atoms with Crippen molar-refractivity contribution in [3.8, 4) is 0 Å². The molecule has 1 nitrogen and oxygen atoms in total. The molecule has 1 aliphatic rings. The summed E-state index contributed by atoms with van der Waals surface area (Å²) in [6.45, 7) is 1.04. The molecule has 2 unspecified atom stereocenters. The van der Waals surface area contributed by atoms with Crippen molar-refractivity contribution >= 4 is 10.8 Å². The number of rotatable bonds is 3. The highest BCUT2D eigenvalue weighted by molar-refractivity contribution is 5.86. The Hall–Kier alpha value is -2.19. The first-order valence-corrected chi connectivity index (χ1v) is 8.75. The van der Waals surface area contributed by atoms with Crippen LogP contribution in [0.5, 0.6) is 0 Å². The van der Waals surface area contributed by atoms with E-state index in [1.54, 1.807) is 12.1 Å². The first-order chi connectivity index (χ1) is 11.8. The van der Waals surface area contributed by atoms with Gasteiger partial charge in [0, 0.05) is 6.04 Å². The van der Waals surface area contributed by atoms with E-state index >= 15 is 0 Å². The molecule has 4 rings (SSSR count). The van der Waals surface area contributed by atoms with Gasteiger partial charge in [0.25, 0.3) is 0 Å². The van der Waals surface area contributed by atoms with Crippen molar-refractivity contribution < 1.29 is 4.39 Å². The van der Waals surface area contributed by atoms with E-state index in [0.717, 1.165) is 19.4 Å². The van der Waals surface area contributed by atoms with Crippen LogP contribution in [0, 0.1) is 11.7 Å². The number of fused-ring (bicyclic) bond motifs is 1. The molecule has 3 aromatic rings. The summed E-state index contributed by atoms with van der Waals surface area (Å²) >= 11 is 0. The summed E-state index contributed by atoms with van der Waals surface area (Å²) in [6.07, 6.45) is 3.34. The Balaban J connectivity index is 1.55. The third kappa shape index (κ3) is 3.20. The zero-order valence-electron chi connectivity index (χ0n) is 13.7. The molecule has 0 spiro atoms. The summed E-state index contributed by atoms with van der Waals surface area (Å²) in [5.41, 5.74) is 2.64. The van der Waals surface area contributed by atoms with Gasteiger partial charge in [0.15, 0.2) is 0 Å². The summed E-state index contributed by atoms with van der Waals surface area (Å²) in [6, 6.07) is 22.6. The molecule has 122 valence electrons. The van der Waals surface area contributed by atoms with Gasteiger partial charge in [-0.05, 0) is 65.8 Å². The highest BCUT2D eigenvalue weighted by atomic mass is 19.1. The largest absolute Gasteiger partial charge is 0.310 e. The first-order valence-electron chi connectivity index (χ1n) is 8.75. The van der Waals surface area contributed by atoms with Crippen LogP contribution in [-0.2, 0) is 6.42 Å². The minimum atomic E-state index is -0.155. The Labute approximate surface area is 142 Å². The predicted octanol–water partition coefficient (Wildman–Crippen LogP) is 5.26. The van der Waals surface area contributed by atoms with Gasteiger partial charge in [-0.2, -0.15) is 0 Å². The van der Waals surface area contributed by atoms with E-state index in [9.17, 15) is 4.39 Å². The maximum Gasteiger partial charge on any atom is 0.123 e. The normalized spacial score (nSPS) is 21.0. The third-order valence-electron chi connectivity index (χ3n) is 5.15. The summed E-state index contributed by atoms with van der Waals surface area (Å²) < 4.78 is 13.1. The zero-order chi connectivity index (χ0) is 16.4. The van der Waals surface area contributed by atoms with E-state index in [2.05, 4.69) is 47.8 Å². The molecule has 0 aromatic heterocycles. The molecule has 0 aliphatic carbocycles. The monoisotopic (exact) mass is 319 g/mol. The lowest BCUT2D eigenvalue weighted by Gasteiger charge is -2.31. The molecule has 3 aromatic carbocycles. The summed E-state index contributed by atoms with van der Waals surface area (Å²) in [5.74, 6) is 0.485. The van der Waals surface area contributed by atoms with Gasteiger partial charge in [-0.15, -0.1) is 0 Å². The van der Waals surface area contributed by atoms with Crippen molar-refractivity contribution in [3.05, 3.63) is 83.7 Å². The molecular weight excluding hydrogens is 297 g/mol. The Morgan fingerprint density at radius 2 is 1.71 bits per heavy atom. The number of halogens is 1. The number of piperidine rings is 1. The Morgan fingerprint density at radius 1 is 0.917 bits per heavy atom. The molecule has 24 heavy (non-hydrogen) atoms. The molecule has 1 N–H and O–H groups in total. The van der Waals surface area contributed by atoms with E-state index in [0.29, 0.717) is 12.0 Å². The lowest BCUT2D eigenvalue weighted by Crippen LogP contribution is -2.32. The number of hydrogen-bond acceptors (Lipinski definition) is 1. The molecule has 1 heterocycles. The fourth-order valence-electron chi connectivity index (χ4n) is 3.93. The van der Waals surface area contributed by atoms with Gasteiger partial charge >= 0.3 is 0 Å². The van der Waals surface area contributed by atoms with Crippen LogP contribution >= 0.6 is 0 Å². The molecule has 1 aliphatic heterocycles. The van der Waals surface area contributed by atoms with Crippen LogP contribution in [0.2, 0.25) is 0 Å². The van der Waals surface area contributed by atoms with E-state index in [-0.39, 0.29) is 5.82 Å². The second-order valence-electron chi connectivity index (χ2n) is 6.80. The summed E-state index contributed by atoms with van der Waals surface area (Å²) in [5, 5.41) is 6.34. The molecular formula is C22H22FN. The van der Waals surface area contributed by atoms with Crippen molar-refractivity contribution in [1.82, 2.24) is 5.32 Å². The molecule has 2 heteroatoms. The minimum Gasteiger partial charge on any atom is -0.310 e. The molecule has 0 bridgehead atoms. The smallest absolute Gasteiger partial charge is 0.123 e. The molecule has 0 radical (unpaired) electrons. The molecule has 0 saturated carbocycles. The van der Waals surface area contributed by atoms with Crippen LogP contribution < -0.4 is 5.32 Å². The van der Waals surface area contributed by atoms with Crippen LogP contribution in [0.25, 0.3) is 10.8 Å². The average molecular weight is 319 g/mol. The van der Waals surface area contributed by atoms with Crippen LogP contribution in [0.15, 0.2) is 66.7 Å². The quantitative estimate of drug-likeness (QED) is 0.694. The summed E-state index contributed by atoms with van der Waals surface area (Å²) in [7, 11) is 0. The Morgan fingerprint density at radius 3 is 2.58 bits per heavy atom. The van der Waals surface area contributed by atoms with Gasteiger partial charge in [-0.1, -0.05) is 54.6 Å². The van der Waals surface area contributed by atoms with Crippen molar-refractivity contribution in [3.63, 3.8) is 0 Å². The van der Waals surface area contributed by atoms with Gasteiger partial charge in [-0.3, -0.25) is 0 Å². The topological polar surface area (TPSA) is 12.0 Å². The maximum atomic E-state index is 13.1. The van der Waals surface area contributed by atoms with Crippen molar-refractivity contribution in [1.29, 1.82) is 0 Å². The molecule has 0 amide bonds. The van der Waals surface area contributed by atoms with E-state index in [4.69, 9.17) is 0 Å². The van der Waals surface area contributed by atoms with Gasteiger partial charge in [0.05, 0.1) is 0 Å². The Kier molecular flexibility index (Phi) is 4.31. The number of hydrogen-bond donors (Lipinski definition) is 1. The van der Waals surface area contributed by atoms with Crippen LogP contribution in [0.1, 0.15) is 30.0 Å².